The van der Waals surface area contributed by atoms with Crippen molar-refractivity contribution >= 4 is 37.8 Å². The topological polar surface area (TPSA) is 71.5 Å². The maximum absolute atomic E-state index is 12.1. The van der Waals surface area contributed by atoms with Crippen LogP contribution in [0.15, 0.2) is 39.4 Å². The van der Waals surface area contributed by atoms with E-state index in [1.807, 2.05) is 0 Å². The number of aromatic hydroxyl groups is 1. The fraction of sp³-hybridized carbons (Fsp3) is 0.143. The molecule has 0 spiro atoms. The largest absolute Gasteiger partial charge is 0.504 e. The van der Waals surface area contributed by atoms with Crippen LogP contribution in [0.4, 0.5) is 0 Å². The molecule has 0 aliphatic heterocycles. The number of carbonyl (C=O) groups excluding carboxylic acids is 1. The van der Waals surface area contributed by atoms with E-state index in [-0.39, 0.29) is 11.7 Å². The van der Waals surface area contributed by atoms with Gasteiger partial charge >= 0.3 is 0 Å². The Hall–Kier alpha value is -1.60. The number of carbonyl (C=O) groups is 1. The second kappa shape index (κ2) is 6.91. The van der Waals surface area contributed by atoms with Crippen LogP contribution in [0.25, 0.3) is 0 Å². The Bertz CT molecular complexity index is 677. The Kier molecular flexibility index (Phi) is 5.19. The van der Waals surface area contributed by atoms with Crippen LogP contribution in [-0.2, 0) is 6.54 Å². The average molecular weight is 416 g/mol. The van der Waals surface area contributed by atoms with E-state index >= 15 is 0 Å². The fourth-order valence-corrected chi connectivity index (χ4v) is 2.85. The Labute approximate surface area is 138 Å². The van der Waals surface area contributed by atoms with Gasteiger partial charge in [0, 0.05) is 17.2 Å². The second-order valence-electron chi connectivity index (χ2n) is 4.17. The van der Waals surface area contributed by atoms with Gasteiger partial charge in [-0.05, 0) is 55.6 Å². The van der Waals surface area contributed by atoms with Gasteiger partial charge in [0.05, 0.1) is 11.6 Å². The lowest BCUT2D eigenvalue weighted by Gasteiger charge is -2.09. The number of halogens is 2. The monoisotopic (exact) mass is 414 g/mol. The highest BCUT2D eigenvalue weighted by molar-refractivity contribution is 9.11. The average Bonchev–Trinajstić information content (AvgIpc) is 2.46. The zero-order valence-corrected chi connectivity index (χ0v) is 14.2. The van der Waals surface area contributed by atoms with Crippen LogP contribution >= 0.6 is 31.9 Å². The quantitative estimate of drug-likeness (QED) is 0.803. The number of phenolic OH excluding ortho intramolecular Hbond substituents is 1. The van der Waals surface area contributed by atoms with E-state index in [2.05, 4.69) is 42.2 Å². The zero-order valence-electron chi connectivity index (χ0n) is 11.1. The summed E-state index contributed by atoms with van der Waals surface area (Å²) in [4.78, 5) is 16.1. The number of nitrogens with zero attached hydrogens (tertiary/aromatic N) is 1. The SMILES string of the molecule is COc1cc(CNC(=O)c2ncc(Br)cc2Br)ccc1O. The number of ether oxygens (including phenoxy) is 1. The molecule has 1 aromatic heterocycles. The van der Waals surface area contributed by atoms with Crippen molar-refractivity contribution in [2.45, 2.75) is 6.54 Å². The lowest BCUT2D eigenvalue weighted by Crippen LogP contribution is -2.24. The van der Waals surface area contributed by atoms with Crippen molar-refractivity contribution in [3.05, 3.63) is 50.7 Å². The first kappa shape index (κ1) is 15.8. The third kappa shape index (κ3) is 3.95. The minimum absolute atomic E-state index is 0.0601. The predicted octanol–water partition coefficient (Wildman–Crippen LogP) is 3.25. The summed E-state index contributed by atoms with van der Waals surface area (Å²) in [7, 11) is 1.47. The predicted molar refractivity (Wildman–Crippen MR) is 85.5 cm³/mol. The lowest BCUT2D eigenvalue weighted by molar-refractivity contribution is 0.0945. The van der Waals surface area contributed by atoms with Gasteiger partial charge in [-0.15, -0.1) is 0 Å². The van der Waals surface area contributed by atoms with E-state index in [0.29, 0.717) is 22.5 Å². The van der Waals surface area contributed by atoms with Crippen LogP contribution in [0.1, 0.15) is 16.1 Å². The Morgan fingerprint density at radius 3 is 2.81 bits per heavy atom. The fourth-order valence-electron chi connectivity index (χ4n) is 1.68. The van der Waals surface area contributed by atoms with Crippen molar-refractivity contribution < 1.29 is 14.6 Å². The molecule has 0 bridgehead atoms. The maximum atomic E-state index is 12.1. The molecule has 0 saturated heterocycles. The minimum Gasteiger partial charge on any atom is -0.504 e. The van der Waals surface area contributed by atoms with Gasteiger partial charge in [-0.25, -0.2) is 4.98 Å². The van der Waals surface area contributed by atoms with Crippen molar-refractivity contribution in [2.75, 3.05) is 7.11 Å². The van der Waals surface area contributed by atoms with Gasteiger partial charge in [-0.2, -0.15) is 0 Å². The van der Waals surface area contributed by atoms with Crippen LogP contribution in [-0.4, -0.2) is 23.1 Å². The molecule has 0 fully saturated rings. The Morgan fingerprint density at radius 2 is 2.14 bits per heavy atom. The first-order valence-corrected chi connectivity index (χ1v) is 7.55. The van der Waals surface area contributed by atoms with E-state index in [4.69, 9.17) is 4.74 Å². The number of amides is 1. The van der Waals surface area contributed by atoms with Crippen molar-refractivity contribution in [1.82, 2.24) is 10.3 Å². The van der Waals surface area contributed by atoms with Gasteiger partial charge in [-0.1, -0.05) is 6.07 Å². The number of rotatable bonds is 4. The summed E-state index contributed by atoms with van der Waals surface area (Å²) < 4.78 is 6.42. The number of hydrogen-bond donors (Lipinski definition) is 2. The van der Waals surface area contributed by atoms with Gasteiger partial charge in [0.15, 0.2) is 11.5 Å². The molecule has 2 rings (SSSR count). The third-order valence-corrected chi connectivity index (χ3v) is 3.76. The summed E-state index contributed by atoms with van der Waals surface area (Å²) in [6.45, 7) is 0.305. The van der Waals surface area contributed by atoms with Crippen LogP contribution < -0.4 is 10.1 Å². The van der Waals surface area contributed by atoms with Crippen molar-refractivity contribution in [1.29, 1.82) is 0 Å². The summed E-state index contributed by atoms with van der Waals surface area (Å²) >= 11 is 6.58. The molecule has 1 aromatic carbocycles. The summed E-state index contributed by atoms with van der Waals surface area (Å²) in [6.07, 6.45) is 1.56. The van der Waals surface area contributed by atoms with Gasteiger partial charge in [-0.3, -0.25) is 4.79 Å². The number of methoxy groups -OCH3 is 1. The van der Waals surface area contributed by atoms with Crippen molar-refractivity contribution in [2.24, 2.45) is 0 Å². The van der Waals surface area contributed by atoms with Crippen LogP contribution in [0, 0.1) is 0 Å². The van der Waals surface area contributed by atoms with Crippen LogP contribution in [0.3, 0.4) is 0 Å². The number of hydrogen-bond acceptors (Lipinski definition) is 4. The molecular formula is C14H12Br2N2O3. The highest BCUT2D eigenvalue weighted by atomic mass is 79.9. The lowest BCUT2D eigenvalue weighted by atomic mass is 10.2. The van der Waals surface area contributed by atoms with E-state index in [1.165, 1.54) is 13.2 Å². The maximum Gasteiger partial charge on any atom is 0.271 e. The van der Waals surface area contributed by atoms with Crippen LogP contribution in [0.5, 0.6) is 11.5 Å². The molecular weight excluding hydrogens is 404 g/mol. The smallest absolute Gasteiger partial charge is 0.271 e. The first-order chi connectivity index (χ1) is 10.0. The normalized spacial score (nSPS) is 10.2. The van der Waals surface area contributed by atoms with E-state index in [9.17, 15) is 9.90 Å². The Balaban J connectivity index is 2.07. The number of aromatic nitrogens is 1. The summed E-state index contributed by atoms with van der Waals surface area (Å²) in [6, 6.07) is 6.65. The molecule has 0 aliphatic rings. The van der Waals surface area contributed by atoms with E-state index in [1.54, 1.807) is 24.4 Å². The number of phenols is 1. The molecule has 21 heavy (non-hydrogen) atoms. The highest BCUT2D eigenvalue weighted by Crippen LogP contribution is 2.26. The number of pyridine rings is 1. The molecule has 0 radical (unpaired) electrons. The van der Waals surface area contributed by atoms with Crippen LogP contribution in [0.2, 0.25) is 0 Å². The van der Waals surface area contributed by atoms with Gasteiger partial charge in [0.25, 0.3) is 5.91 Å². The van der Waals surface area contributed by atoms with E-state index < -0.39 is 0 Å². The molecule has 0 atom stereocenters. The molecule has 2 N–H and O–H groups in total. The minimum atomic E-state index is -0.290. The number of nitrogens with one attached hydrogen (secondary N) is 1. The van der Waals surface area contributed by atoms with E-state index in [0.717, 1.165) is 10.0 Å². The molecule has 7 heteroatoms. The van der Waals surface area contributed by atoms with Gasteiger partial charge in [0.2, 0.25) is 0 Å². The van der Waals surface area contributed by atoms with Gasteiger partial charge < -0.3 is 15.2 Å². The van der Waals surface area contributed by atoms with Gasteiger partial charge in [0.1, 0.15) is 5.69 Å². The molecule has 5 nitrogen and oxygen atoms in total. The summed E-state index contributed by atoms with van der Waals surface area (Å²) in [5, 5.41) is 12.3. The zero-order chi connectivity index (χ0) is 15.4. The highest BCUT2D eigenvalue weighted by Gasteiger charge is 2.12. The molecule has 0 unspecified atom stereocenters. The second-order valence-corrected chi connectivity index (χ2v) is 5.94. The van der Waals surface area contributed by atoms with Crippen molar-refractivity contribution in [3.8, 4) is 11.5 Å². The summed E-state index contributed by atoms with van der Waals surface area (Å²) in [5.41, 5.74) is 1.12. The summed E-state index contributed by atoms with van der Waals surface area (Å²) in [5.74, 6) is 0.135. The van der Waals surface area contributed by atoms with Crippen molar-refractivity contribution in [3.63, 3.8) is 0 Å². The molecule has 2 aromatic rings. The number of benzene rings is 1. The molecule has 1 heterocycles. The first-order valence-electron chi connectivity index (χ1n) is 5.96. The third-order valence-electron chi connectivity index (χ3n) is 2.72. The molecule has 0 saturated carbocycles. The molecule has 0 aliphatic carbocycles. The molecule has 110 valence electrons. The Morgan fingerprint density at radius 1 is 1.38 bits per heavy atom. The molecule has 1 amide bonds. The standard InChI is InChI=1S/C14H12Br2N2O3/c1-21-12-4-8(2-3-11(12)19)6-18-14(20)13-10(16)5-9(15)7-17-13/h2-5,7,19H,6H2,1H3,(H,18,20).